The van der Waals surface area contributed by atoms with Crippen molar-refractivity contribution in [1.29, 1.82) is 0 Å². The molecule has 0 aliphatic carbocycles. The molecule has 4 nitrogen and oxygen atoms in total. The first-order valence-corrected chi connectivity index (χ1v) is 7.38. The maximum Gasteiger partial charge on any atom is 0.222 e. The van der Waals surface area contributed by atoms with Gasteiger partial charge in [-0.1, -0.05) is 6.42 Å². The number of nitrogens with zero attached hydrogens (tertiary/aromatic N) is 1. The highest BCUT2D eigenvalue weighted by Gasteiger charge is 2.21. The smallest absolute Gasteiger partial charge is 0.222 e. The van der Waals surface area contributed by atoms with Gasteiger partial charge in [0.25, 0.3) is 0 Å². The highest BCUT2D eigenvalue weighted by atomic mass is 16.5. The number of nitrogens with one attached hydrogen (secondary N) is 1. The Morgan fingerprint density at radius 3 is 3.06 bits per heavy atom. The van der Waals surface area contributed by atoms with Gasteiger partial charge in [0.15, 0.2) is 0 Å². The lowest BCUT2D eigenvalue weighted by molar-refractivity contribution is -0.132. The molecule has 0 radical (unpaired) electrons. The van der Waals surface area contributed by atoms with Gasteiger partial charge >= 0.3 is 0 Å². The summed E-state index contributed by atoms with van der Waals surface area (Å²) in [6.45, 7) is 5.58. The topological polar surface area (TPSA) is 41.6 Å². The van der Waals surface area contributed by atoms with Crippen LogP contribution in [0.15, 0.2) is 0 Å². The van der Waals surface area contributed by atoms with Crippen molar-refractivity contribution in [1.82, 2.24) is 10.2 Å². The van der Waals surface area contributed by atoms with E-state index in [1.165, 1.54) is 19.3 Å². The lowest BCUT2D eigenvalue weighted by Crippen LogP contribution is -2.38. The summed E-state index contributed by atoms with van der Waals surface area (Å²) in [6, 6.07) is 0.559. The summed E-state index contributed by atoms with van der Waals surface area (Å²) < 4.78 is 5.57. The van der Waals surface area contributed by atoms with Crippen molar-refractivity contribution in [2.24, 2.45) is 0 Å². The molecule has 2 saturated heterocycles. The number of amides is 1. The number of hydrogen-bond donors (Lipinski definition) is 1. The molecule has 0 aromatic heterocycles. The maximum absolute atomic E-state index is 12.2. The van der Waals surface area contributed by atoms with Gasteiger partial charge in [-0.15, -0.1) is 0 Å². The standard InChI is InChI=1S/C14H26N2O2/c1-12-11-16(9-4-10-18-12)14(17)7-6-13-5-2-3-8-15-13/h12-13,15H,2-11H2,1H3. The van der Waals surface area contributed by atoms with Crippen LogP contribution in [-0.2, 0) is 9.53 Å². The first-order valence-electron chi connectivity index (χ1n) is 7.38. The Morgan fingerprint density at radius 2 is 2.28 bits per heavy atom. The fourth-order valence-electron chi connectivity index (χ4n) is 2.85. The Labute approximate surface area is 110 Å². The van der Waals surface area contributed by atoms with E-state index in [1.54, 1.807) is 0 Å². The zero-order valence-electron chi connectivity index (χ0n) is 11.5. The van der Waals surface area contributed by atoms with Crippen LogP contribution in [0.5, 0.6) is 0 Å². The average Bonchev–Trinajstić information content (AvgIpc) is 2.62. The second-order valence-corrected chi connectivity index (χ2v) is 5.56. The normalized spacial score (nSPS) is 29.9. The molecule has 2 unspecified atom stereocenters. The molecule has 4 heteroatoms. The number of carbonyl (C=O) groups excluding carboxylic acids is 1. The predicted molar refractivity (Wildman–Crippen MR) is 71.5 cm³/mol. The molecule has 2 atom stereocenters. The van der Waals surface area contributed by atoms with Gasteiger partial charge in [-0.05, 0) is 39.2 Å². The van der Waals surface area contributed by atoms with Gasteiger partial charge in [0.05, 0.1) is 6.10 Å². The Kier molecular flexibility index (Phi) is 5.45. The van der Waals surface area contributed by atoms with Crippen LogP contribution in [0.4, 0.5) is 0 Å². The van der Waals surface area contributed by atoms with E-state index >= 15 is 0 Å². The molecule has 0 aromatic rings. The molecule has 2 heterocycles. The minimum atomic E-state index is 0.184. The van der Waals surface area contributed by atoms with Crippen LogP contribution in [0.3, 0.4) is 0 Å². The van der Waals surface area contributed by atoms with Crippen molar-refractivity contribution >= 4 is 5.91 Å². The number of carbonyl (C=O) groups is 1. The van der Waals surface area contributed by atoms with Gasteiger partial charge in [0.1, 0.15) is 0 Å². The molecule has 1 N–H and O–H groups in total. The summed E-state index contributed by atoms with van der Waals surface area (Å²) in [4.78, 5) is 14.2. The highest BCUT2D eigenvalue weighted by molar-refractivity contribution is 5.76. The summed E-state index contributed by atoms with van der Waals surface area (Å²) in [6.07, 6.45) is 6.65. The van der Waals surface area contributed by atoms with Crippen molar-refractivity contribution in [2.45, 2.75) is 57.6 Å². The molecule has 0 saturated carbocycles. The molecule has 0 spiro atoms. The van der Waals surface area contributed by atoms with Crippen LogP contribution in [0.1, 0.15) is 45.4 Å². The Morgan fingerprint density at radius 1 is 1.39 bits per heavy atom. The first-order chi connectivity index (χ1) is 8.75. The van der Waals surface area contributed by atoms with E-state index in [4.69, 9.17) is 4.74 Å². The molecule has 18 heavy (non-hydrogen) atoms. The minimum absolute atomic E-state index is 0.184. The molecule has 0 bridgehead atoms. The molecule has 2 aliphatic rings. The summed E-state index contributed by atoms with van der Waals surface area (Å²) in [7, 11) is 0. The number of rotatable bonds is 3. The third-order valence-electron chi connectivity index (χ3n) is 3.92. The van der Waals surface area contributed by atoms with E-state index in [0.717, 1.165) is 39.1 Å². The summed E-state index contributed by atoms with van der Waals surface area (Å²) >= 11 is 0. The van der Waals surface area contributed by atoms with Crippen LogP contribution in [0.2, 0.25) is 0 Å². The van der Waals surface area contributed by atoms with Gasteiger partial charge in [-0.3, -0.25) is 4.79 Å². The van der Waals surface area contributed by atoms with Gasteiger partial charge < -0.3 is 15.0 Å². The zero-order valence-corrected chi connectivity index (χ0v) is 11.5. The Balaban J connectivity index is 1.72. The lowest BCUT2D eigenvalue weighted by atomic mass is 10.0. The molecule has 0 aromatic carbocycles. The van der Waals surface area contributed by atoms with Crippen molar-refractivity contribution in [3.8, 4) is 0 Å². The van der Waals surface area contributed by atoms with Crippen LogP contribution < -0.4 is 5.32 Å². The fraction of sp³-hybridized carbons (Fsp3) is 0.929. The predicted octanol–water partition coefficient (Wildman–Crippen LogP) is 1.55. The van der Waals surface area contributed by atoms with Crippen LogP contribution in [0.25, 0.3) is 0 Å². The maximum atomic E-state index is 12.2. The zero-order chi connectivity index (χ0) is 12.8. The van der Waals surface area contributed by atoms with Crippen LogP contribution >= 0.6 is 0 Å². The van der Waals surface area contributed by atoms with E-state index in [0.29, 0.717) is 18.4 Å². The summed E-state index contributed by atoms with van der Waals surface area (Å²) in [5, 5.41) is 3.50. The van der Waals surface area contributed by atoms with Crippen molar-refractivity contribution < 1.29 is 9.53 Å². The third-order valence-corrected chi connectivity index (χ3v) is 3.92. The lowest BCUT2D eigenvalue weighted by Gasteiger charge is -2.26. The van der Waals surface area contributed by atoms with E-state index in [-0.39, 0.29) is 6.10 Å². The SMILES string of the molecule is CC1CN(C(=O)CCC2CCCCN2)CCCO1. The second-order valence-electron chi connectivity index (χ2n) is 5.56. The van der Waals surface area contributed by atoms with E-state index < -0.39 is 0 Å². The monoisotopic (exact) mass is 254 g/mol. The number of piperidine rings is 1. The van der Waals surface area contributed by atoms with Crippen molar-refractivity contribution in [3.63, 3.8) is 0 Å². The number of ether oxygens (including phenoxy) is 1. The summed E-state index contributed by atoms with van der Waals surface area (Å²) in [5.41, 5.74) is 0. The van der Waals surface area contributed by atoms with Crippen molar-refractivity contribution in [2.75, 3.05) is 26.2 Å². The van der Waals surface area contributed by atoms with Crippen molar-refractivity contribution in [3.05, 3.63) is 0 Å². The second kappa shape index (κ2) is 7.10. The van der Waals surface area contributed by atoms with Crippen LogP contribution in [0, 0.1) is 0 Å². The Bertz CT molecular complexity index is 265. The van der Waals surface area contributed by atoms with Gasteiger partial charge in [0.2, 0.25) is 5.91 Å². The molecule has 104 valence electrons. The Hall–Kier alpha value is -0.610. The molecular weight excluding hydrogens is 228 g/mol. The molecule has 2 rings (SSSR count). The van der Waals surface area contributed by atoms with E-state index in [1.807, 2.05) is 11.8 Å². The van der Waals surface area contributed by atoms with E-state index in [9.17, 15) is 4.79 Å². The quantitative estimate of drug-likeness (QED) is 0.831. The van der Waals surface area contributed by atoms with E-state index in [2.05, 4.69) is 5.32 Å². The summed E-state index contributed by atoms with van der Waals surface area (Å²) in [5.74, 6) is 0.305. The average molecular weight is 254 g/mol. The largest absolute Gasteiger partial charge is 0.377 e. The fourth-order valence-corrected chi connectivity index (χ4v) is 2.85. The van der Waals surface area contributed by atoms with Gasteiger partial charge in [-0.2, -0.15) is 0 Å². The third kappa shape index (κ3) is 4.25. The van der Waals surface area contributed by atoms with Crippen LogP contribution in [-0.4, -0.2) is 49.2 Å². The number of hydrogen-bond acceptors (Lipinski definition) is 3. The molecule has 2 fully saturated rings. The van der Waals surface area contributed by atoms with Gasteiger partial charge in [-0.25, -0.2) is 0 Å². The molecular formula is C14H26N2O2. The molecule has 2 aliphatic heterocycles. The minimum Gasteiger partial charge on any atom is -0.377 e. The molecule has 1 amide bonds. The van der Waals surface area contributed by atoms with Gasteiger partial charge in [0, 0.05) is 32.2 Å². The first kappa shape index (κ1) is 13.8. The highest BCUT2D eigenvalue weighted by Crippen LogP contribution is 2.14.